The first kappa shape index (κ1) is 12.4. The molecule has 0 saturated carbocycles. The Morgan fingerprint density at radius 2 is 2.13 bits per heavy atom. The van der Waals surface area contributed by atoms with Crippen LogP contribution >= 0.6 is 23.2 Å². The van der Waals surface area contributed by atoms with Crippen LogP contribution in [0.2, 0.25) is 5.28 Å². The average Bonchev–Trinajstić information content (AvgIpc) is 2.17. The van der Waals surface area contributed by atoms with E-state index in [4.69, 9.17) is 28.9 Å². The molecule has 0 saturated heterocycles. The maximum Gasteiger partial charge on any atom is 0.224 e. The van der Waals surface area contributed by atoms with E-state index >= 15 is 0 Å². The summed E-state index contributed by atoms with van der Waals surface area (Å²) in [5.41, 5.74) is 5.76. The Balaban J connectivity index is 2.86. The third kappa shape index (κ3) is 3.17. The third-order valence-corrected chi connectivity index (χ3v) is 2.31. The van der Waals surface area contributed by atoms with E-state index in [9.17, 15) is 10.2 Å². The van der Waals surface area contributed by atoms with Crippen LogP contribution < -0.4 is 5.73 Å². The standard InChI is InChI=1S/C8H11Cl2N3O2/c9-2-1-5(14)6(15)4-3-12-8(10)13-7(4)11/h3,5-6,14-15H,1-2H2,(H2,11,12,13). The molecule has 0 aliphatic rings. The van der Waals surface area contributed by atoms with Gasteiger partial charge in [0.15, 0.2) is 0 Å². The molecule has 7 heteroatoms. The van der Waals surface area contributed by atoms with Crippen molar-refractivity contribution in [2.24, 2.45) is 0 Å². The highest BCUT2D eigenvalue weighted by Crippen LogP contribution is 2.23. The first-order chi connectivity index (χ1) is 7.06. The molecule has 84 valence electrons. The Labute approximate surface area is 96.9 Å². The van der Waals surface area contributed by atoms with Crippen LogP contribution in [0, 0.1) is 0 Å². The minimum Gasteiger partial charge on any atom is -0.390 e. The van der Waals surface area contributed by atoms with E-state index < -0.39 is 12.2 Å². The number of nitrogens with two attached hydrogens (primary N) is 1. The van der Waals surface area contributed by atoms with Crippen molar-refractivity contribution >= 4 is 29.0 Å². The molecule has 0 fully saturated rings. The summed E-state index contributed by atoms with van der Waals surface area (Å²) < 4.78 is 0. The fourth-order valence-electron chi connectivity index (χ4n) is 1.09. The molecule has 0 aliphatic carbocycles. The molecule has 2 atom stereocenters. The molecule has 1 heterocycles. The number of hydrogen-bond donors (Lipinski definition) is 3. The zero-order chi connectivity index (χ0) is 11.4. The second kappa shape index (κ2) is 5.46. The quantitative estimate of drug-likeness (QED) is 0.542. The molecule has 15 heavy (non-hydrogen) atoms. The van der Waals surface area contributed by atoms with Crippen LogP contribution in [0.25, 0.3) is 0 Å². The molecule has 0 radical (unpaired) electrons. The van der Waals surface area contributed by atoms with Gasteiger partial charge in [0.2, 0.25) is 5.28 Å². The summed E-state index contributed by atoms with van der Waals surface area (Å²) in [5, 5.41) is 19.2. The van der Waals surface area contributed by atoms with Crippen LogP contribution in [0.4, 0.5) is 5.82 Å². The number of anilines is 1. The number of aliphatic hydroxyl groups is 2. The fraction of sp³-hybridized carbons (Fsp3) is 0.500. The number of aromatic nitrogens is 2. The number of halogens is 2. The van der Waals surface area contributed by atoms with Crippen LogP contribution in [-0.4, -0.2) is 32.2 Å². The Bertz CT molecular complexity index is 338. The van der Waals surface area contributed by atoms with Crippen molar-refractivity contribution in [3.05, 3.63) is 17.0 Å². The molecule has 0 bridgehead atoms. The third-order valence-electron chi connectivity index (χ3n) is 1.91. The lowest BCUT2D eigenvalue weighted by atomic mass is 10.1. The molecule has 2 unspecified atom stereocenters. The van der Waals surface area contributed by atoms with E-state index in [0.29, 0.717) is 0 Å². The average molecular weight is 252 g/mol. The SMILES string of the molecule is Nc1nc(Cl)ncc1C(O)C(O)CCCl. The summed E-state index contributed by atoms with van der Waals surface area (Å²) in [6.07, 6.45) is -0.604. The van der Waals surface area contributed by atoms with Gasteiger partial charge in [0.05, 0.1) is 6.10 Å². The van der Waals surface area contributed by atoms with Gasteiger partial charge >= 0.3 is 0 Å². The van der Waals surface area contributed by atoms with E-state index in [0.717, 1.165) is 0 Å². The highest BCUT2D eigenvalue weighted by atomic mass is 35.5. The first-order valence-corrected chi connectivity index (χ1v) is 5.17. The van der Waals surface area contributed by atoms with Crippen molar-refractivity contribution in [2.45, 2.75) is 18.6 Å². The van der Waals surface area contributed by atoms with Crippen LogP contribution in [0.1, 0.15) is 18.1 Å². The smallest absolute Gasteiger partial charge is 0.224 e. The lowest BCUT2D eigenvalue weighted by Gasteiger charge is -2.17. The summed E-state index contributed by atoms with van der Waals surface area (Å²) in [7, 11) is 0. The molecule has 5 nitrogen and oxygen atoms in total. The molecule has 1 aromatic heterocycles. The van der Waals surface area contributed by atoms with E-state index in [1.165, 1.54) is 6.20 Å². The molecule has 0 amide bonds. The van der Waals surface area contributed by atoms with E-state index in [1.54, 1.807) is 0 Å². The Hall–Kier alpha value is -0.620. The van der Waals surface area contributed by atoms with Gasteiger partial charge in [0.1, 0.15) is 11.9 Å². The van der Waals surface area contributed by atoms with Crippen molar-refractivity contribution in [3.8, 4) is 0 Å². The second-order valence-electron chi connectivity index (χ2n) is 2.97. The lowest BCUT2D eigenvalue weighted by Crippen LogP contribution is -2.20. The Kier molecular flexibility index (Phi) is 4.53. The number of hydrogen-bond acceptors (Lipinski definition) is 5. The summed E-state index contributed by atoms with van der Waals surface area (Å²) in [6.45, 7) is 0. The summed E-state index contributed by atoms with van der Waals surface area (Å²) in [5.74, 6) is 0.295. The number of alkyl halides is 1. The maximum atomic E-state index is 9.68. The normalized spacial score (nSPS) is 14.9. The van der Waals surface area contributed by atoms with Crippen molar-refractivity contribution < 1.29 is 10.2 Å². The topological polar surface area (TPSA) is 92.3 Å². The van der Waals surface area contributed by atoms with Gasteiger partial charge in [-0.2, -0.15) is 0 Å². The lowest BCUT2D eigenvalue weighted by molar-refractivity contribution is 0.0171. The largest absolute Gasteiger partial charge is 0.390 e. The first-order valence-electron chi connectivity index (χ1n) is 4.26. The minimum atomic E-state index is -1.15. The van der Waals surface area contributed by atoms with Gasteiger partial charge in [-0.3, -0.25) is 0 Å². The van der Waals surface area contributed by atoms with Crippen molar-refractivity contribution in [2.75, 3.05) is 11.6 Å². The highest BCUT2D eigenvalue weighted by Gasteiger charge is 2.21. The molecular formula is C8H11Cl2N3O2. The number of nitrogen functional groups attached to an aromatic ring is 1. The van der Waals surface area contributed by atoms with E-state index in [2.05, 4.69) is 9.97 Å². The monoisotopic (exact) mass is 251 g/mol. The predicted molar refractivity (Wildman–Crippen MR) is 57.8 cm³/mol. The highest BCUT2D eigenvalue weighted by molar-refractivity contribution is 6.28. The van der Waals surface area contributed by atoms with Crippen molar-refractivity contribution in [1.29, 1.82) is 0 Å². The Morgan fingerprint density at radius 3 is 2.67 bits per heavy atom. The number of nitrogens with zero attached hydrogens (tertiary/aromatic N) is 2. The number of aliphatic hydroxyl groups excluding tert-OH is 2. The zero-order valence-corrected chi connectivity index (χ0v) is 9.28. The molecule has 1 aromatic rings. The van der Waals surface area contributed by atoms with Crippen LogP contribution in [-0.2, 0) is 0 Å². The van der Waals surface area contributed by atoms with Gasteiger partial charge in [-0.15, -0.1) is 11.6 Å². The van der Waals surface area contributed by atoms with Gasteiger partial charge in [-0.1, -0.05) is 0 Å². The summed E-state index contributed by atoms with van der Waals surface area (Å²) >= 11 is 10.9. The van der Waals surface area contributed by atoms with Crippen molar-refractivity contribution in [1.82, 2.24) is 9.97 Å². The van der Waals surface area contributed by atoms with Gasteiger partial charge in [0, 0.05) is 17.6 Å². The fourth-order valence-corrected chi connectivity index (χ4v) is 1.45. The van der Waals surface area contributed by atoms with Gasteiger partial charge in [0.25, 0.3) is 0 Å². The molecule has 4 N–H and O–H groups in total. The second-order valence-corrected chi connectivity index (χ2v) is 3.69. The molecule has 0 aliphatic heterocycles. The van der Waals surface area contributed by atoms with E-state index in [-0.39, 0.29) is 29.0 Å². The van der Waals surface area contributed by atoms with Crippen molar-refractivity contribution in [3.63, 3.8) is 0 Å². The van der Waals surface area contributed by atoms with Crippen LogP contribution in [0.15, 0.2) is 6.20 Å². The minimum absolute atomic E-state index is 0.00437. The summed E-state index contributed by atoms with van der Waals surface area (Å²) in [6, 6.07) is 0. The zero-order valence-electron chi connectivity index (χ0n) is 7.77. The van der Waals surface area contributed by atoms with Gasteiger partial charge in [-0.05, 0) is 18.0 Å². The maximum absolute atomic E-state index is 9.68. The number of rotatable bonds is 4. The summed E-state index contributed by atoms with van der Waals surface area (Å²) in [4.78, 5) is 7.34. The van der Waals surface area contributed by atoms with Crippen LogP contribution in [0.3, 0.4) is 0 Å². The molecule has 0 aromatic carbocycles. The van der Waals surface area contributed by atoms with Gasteiger partial charge in [-0.25, -0.2) is 9.97 Å². The predicted octanol–water partition coefficient (Wildman–Crippen LogP) is 0.735. The van der Waals surface area contributed by atoms with Crippen LogP contribution in [0.5, 0.6) is 0 Å². The molecular weight excluding hydrogens is 241 g/mol. The Morgan fingerprint density at radius 1 is 1.47 bits per heavy atom. The molecule has 0 spiro atoms. The van der Waals surface area contributed by atoms with Gasteiger partial charge < -0.3 is 15.9 Å². The molecule has 1 rings (SSSR count). The van der Waals surface area contributed by atoms with E-state index in [1.807, 2.05) is 0 Å².